The van der Waals surface area contributed by atoms with Crippen LogP contribution in [0.5, 0.6) is 0 Å². The van der Waals surface area contributed by atoms with Crippen LogP contribution in [0.4, 0.5) is 10.6 Å². The predicted molar refractivity (Wildman–Crippen MR) is 105 cm³/mol. The molecule has 4 heterocycles. The van der Waals surface area contributed by atoms with Gasteiger partial charge in [-0.1, -0.05) is 0 Å². The molecule has 28 heavy (non-hydrogen) atoms. The molecule has 3 N–H and O–H groups in total. The van der Waals surface area contributed by atoms with Gasteiger partial charge < -0.3 is 15.1 Å². The first-order chi connectivity index (χ1) is 13.6. The number of carbonyl (C=O) groups is 1. The third-order valence-electron chi connectivity index (χ3n) is 5.73. The number of urea groups is 1. The maximum absolute atomic E-state index is 12.8. The van der Waals surface area contributed by atoms with Crippen molar-refractivity contribution in [2.24, 2.45) is 5.73 Å². The second-order valence-electron chi connectivity index (χ2n) is 7.70. The highest BCUT2D eigenvalue weighted by atomic mass is 16.4. The van der Waals surface area contributed by atoms with Crippen molar-refractivity contribution < 1.29 is 9.21 Å². The van der Waals surface area contributed by atoms with E-state index in [2.05, 4.69) is 20.5 Å². The SMILES string of the molecule is Cc1ncc(-c2ccc3nnc(NC(=O)N4[C@@H]5CC[C@H]4C[C@@H](N)C5)cc3c2)o1. The number of nitrogens with zero attached hydrogens (tertiary/aromatic N) is 4. The number of hydrogen-bond donors (Lipinski definition) is 2. The van der Waals surface area contributed by atoms with Gasteiger partial charge in [0.05, 0.1) is 11.7 Å². The zero-order chi connectivity index (χ0) is 19.3. The number of hydrogen-bond acceptors (Lipinski definition) is 6. The maximum atomic E-state index is 12.8. The van der Waals surface area contributed by atoms with Gasteiger partial charge in [-0.05, 0) is 49.9 Å². The Morgan fingerprint density at radius 2 is 2.00 bits per heavy atom. The lowest BCUT2D eigenvalue weighted by atomic mass is 9.99. The lowest BCUT2D eigenvalue weighted by molar-refractivity contribution is 0.150. The fraction of sp³-hybridized carbons (Fsp3) is 0.400. The lowest BCUT2D eigenvalue weighted by Gasteiger charge is -2.37. The zero-order valence-electron chi connectivity index (χ0n) is 15.6. The summed E-state index contributed by atoms with van der Waals surface area (Å²) >= 11 is 0. The highest BCUT2D eigenvalue weighted by Gasteiger charge is 2.42. The second kappa shape index (κ2) is 6.56. The first-order valence-electron chi connectivity index (χ1n) is 9.62. The molecule has 3 atom stereocenters. The predicted octanol–water partition coefficient (Wildman–Crippen LogP) is 3.08. The number of nitrogens with one attached hydrogen (secondary N) is 1. The van der Waals surface area contributed by atoms with E-state index >= 15 is 0 Å². The van der Waals surface area contributed by atoms with Crippen LogP contribution in [-0.4, -0.2) is 44.2 Å². The number of fused-ring (bicyclic) bond motifs is 3. The van der Waals surface area contributed by atoms with E-state index in [9.17, 15) is 4.79 Å². The fourth-order valence-electron chi connectivity index (χ4n) is 4.48. The average molecular weight is 378 g/mol. The molecule has 2 aromatic heterocycles. The van der Waals surface area contributed by atoms with Crippen molar-refractivity contribution in [2.75, 3.05) is 5.32 Å². The summed E-state index contributed by atoms with van der Waals surface area (Å²) in [7, 11) is 0. The summed E-state index contributed by atoms with van der Waals surface area (Å²) < 4.78 is 5.60. The summed E-state index contributed by atoms with van der Waals surface area (Å²) in [6.07, 6.45) is 5.48. The van der Waals surface area contributed by atoms with Crippen molar-refractivity contribution >= 4 is 22.8 Å². The number of oxazole rings is 1. The Labute approximate surface area is 162 Å². The molecule has 2 amide bonds. The van der Waals surface area contributed by atoms with E-state index in [4.69, 9.17) is 10.2 Å². The number of rotatable bonds is 2. The van der Waals surface area contributed by atoms with Gasteiger partial charge in [-0.15, -0.1) is 10.2 Å². The van der Waals surface area contributed by atoms with Crippen LogP contribution >= 0.6 is 0 Å². The van der Waals surface area contributed by atoms with Crippen molar-refractivity contribution in [3.05, 3.63) is 36.4 Å². The average Bonchev–Trinajstić information content (AvgIpc) is 3.22. The van der Waals surface area contributed by atoms with Crippen molar-refractivity contribution in [3.63, 3.8) is 0 Å². The Morgan fingerprint density at radius 3 is 2.71 bits per heavy atom. The monoisotopic (exact) mass is 378 g/mol. The summed E-state index contributed by atoms with van der Waals surface area (Å²) in [6.45, 7) is 1.81. The molecule has 0 aliphatic carbocycles. The van der Waals surface area contributed by atoms with E-state index in [1.807, 2.05) is 36.1 Å². The number of nitrogens with two attached hydrogens (primary N) is 1. The minimum absolute atomic E-state index is 0.116. The van der Waals surface area contributed by atoms with Crippen LogP contribution in [0.1, 0.15) is 31.6 Å². The van der Waals surface area contributed by atoms with Gasteiger partial charge >= 0.3 is 6.03 Å². The summed E-state index contributed by atoms with van der Waals surface area (Å²) in [4.78, 5) is 18.9. The number of piperidine rings is 1. The number of aromatic nitrogens is 3. The van der Waals surface area contributed by atoms with Crippen LogP contribution in [0.2, 0.25) is 0 Å². The van der Waals surface area contributed by atoms with Gasteiger partial charge in [0, 0.05) is 36.0 Å². The van der Waals surface area contributed by atoms with E-state index in [0.717, 1.165) is 42.1 Å². The van der Waals surface area contributed by atoms with Crippen molar-refractivity contribution in [3.8, 4) is 11.3 Å². The fourth-order valence-corrected chi connectivity index (χ4v) is 4.48. The van der Waals surface area contributed by atoms with Crippen LogP contribution in [0.25, 0.3) is 22.2 Å². The molecular formula is C20H22N6O2. The first-order valence-corrected chi connectivity index (χ1v) is 9.62. The number of carbonyl (C=O) groups excluding carboxylic acids is 1. The van der Waals surface area contributed by atoms with E-state index < -0.39 is 0 Å². The molecule has 2 saturated heterocycles. The minimum Gasteiger partial charge on any atom is -0.441 e. The molecule has 2 bridgehead atoms. The van der Waals surface area contributed by atoms with Gasteiger partial charge in [0.15, 0.2) is 17.5 Å². The molecule has 3 aromatic rings. The first kappa shape index (κ1) is 17.1. The van der Waals surface area contributed by atoms with Crippen molar-refractivity contribution in [1.29, 1.82) is 0 Å². The number of anilines is 1. The summed E-state index contributed by atoms with van der Waals surface area (Å²) in [5.74, 6) is 1.76. The van der Waals surface area contributed by atoms with Crippen LogP contribution in [0.3, 0.4) is 0 Å². The number of benzene rings is 1. The Balaban J connectivity index is 1.39. The Kier molecular flexibility index (Phi) is 4.01. The smallest absolute Gasteiger partial charge is 0.323 e. The van der Waals surface area contributed by atoms with Crippen molar-refractivity contribution in [2.45, 2.75) is 50.7 Å². The zero-order valence-corrected chi connectivity index (χ0v) is 15.6. The molecule has 8 nitrogen and oxygen atoms in total. The maximum Gasteiger partial charge on any atom is 0.323 e. The molecule has 0 saturated carbocycles. The minimum atomic E-state index is -0.116. The van der Waals surface area contributed by atoms with E-state index in [1.165, 1.54) is 0 Å². The van der Waals surface area contributed by atoms with E-state index in [0.29, 0.717) is 17.5 Å². The molecule has 144 valence electrons. The topological polar surface area (TPSA) is 110 Å². The number of aryl methyl sites for hydroxylation is 1. The van der Waals surface area contributed by atoms with Crippen LogP contribution in [-0.2, 0) is 0 Å². The Bertz CT molecular complexity index is 1030. The quantitative estimate of drug-likeness (QED) is 0.709. The number of amides is 2. The van der Waals surface area contributed by atoms with Gasteiger partial charge in [-0.25, -0.2) is 9.78 Å². The normalized spacial score (nSPS) is 23.9. The molecule has 5 rings (SSSR count). The molecule has 0 radical (unpaired) electrons. The Hall–Kier alpha value is -3.00. The molecule has 2 fully saturated rings. The van der Waals surface area contributed by atoms with Crippen LogP contribution < -0.4 is 11.1 Å². The third-order valence-corrected chi connectivity index (χ3v) is 5.73. The standard InChI is InChI=1S/C20H22N6O2/c1-11-22-10-18(28-11)12-2-5-17-13(6-12)7-19(25-24-17)23-20(27)26-15-3-4-16(26)9-14(21)8-15/h2,5-7,10,14-16H,3-4,8-9,21H2,1H3,(H,23,25,27)/t14-,15+,16-. The Morgan fingerprint density at radius 1 is 1.21 bits per heavy atom. The summed E-state index contributed by atoms with van der Waals surface area (Å²) in [6, 6.07) is 8.13. The van der Waals surface area contributed by atoms with Gasteiger partial charge in [0.1, 0.15) is 0 Å². The molecule has 8 heteroatoms. The lowest BCUT2D eigenvalue weighted by Crippen LogP contribution is -2.51. The molecule has 2 aliphatic rings. The highest BCUT2D eigenvalue weighted by Crippen LogP contribution is 2.35. The van der Waals surface area contributed by atoms with Gasteiger partial charge in [-0.3, -0.25) is 5.32 Å². The molecule has 0 spiro atoms. The molecule has 0 unspecified atom stereocenters. The van der Waals surface area contributed by atoms with E-state index in [1.54, 1.807) is 6.20 Å². The van der Waals surface area contributed by atoms with Gasteiger partial charge in [-0.2, -0.15) is 0 Å². The van der Waals surface area contributed by atoms with Crippen LogP contribution in [0, 0.1) is 6.92 Å². The summed E-state index contributed by atoms with van der Waals surface area (Å²) in [5, 5.41) is 12.2. The van der Waals surface area contributed by atoms with Gasteiger partial charge in [0.25, 0.3) is 0 Å². The van der Waals surface area contributed by atoms with Crippen molar-refractivity contribution in [1.82, 2.24) is 20.1 Å². The molecule has 1 aromatic carbocycles. The van der Waals surface area contributed by atoms with E-state index in [-0.39, 0.29) is 24.2 Å². The molecular weight excluding hydrogens is 356 g/mol. The molecule has 2 aliphatic heterocycles. The third kappa shape index (κ3) is 2.99. The van der Waals surface area contributed by atoms with Gasteiger partial charge in [0.2, 0.25) is 0 Å². The largest absolute Gasteiger partial charge is 0.441 e. The van der Waals surface area contributed by atoms with Crippen LogP contribution in [0.15, 0.2) is 34.9 Å². The summed E-state index contributed by atoms with van der Waals surface area (Å²) in [5.41, 5.74) is 7.76. The highest BCUT2D eigenvalue weighted by molar-refractivity contribution is 5.92. The second-order valence-corrected chi connectivity index (χ2v) is 7.70.